The van der Waals surface area contributed by atoms with Crippen LogP contribution in [0.25, 0.3) is 5.82 Å². The average molecular weight is 568 g/mol. The van der Waals surface area contributed by atoms with E-state index >= 15 is 0 Å². The number of fused-ring (bicyclic) bond motifs is 3. The minimum Gasteiger partial charge on any atom is -0.484 e. The van der Waals surface area contributed by atoms with Crippen molar-refractivity contribution in [3.8, 4) is 11.6 Å². The van der Waals surface area contributed by atoms with E-state index in [0.29, 0.717) is 24.0 Å². The Kier molecular flexibility index (Phi) is 6.36. The number of aryl methyl sites for hydroxylation is 1. The van der Waals surface area contributed by atoms with Crippen LogP contribution in [0.15, 0.2) is 36.5 Å². The number of nitrogens with one attached hydrogen (secondary N) is 2. The van der Waals surface area contributed by atoms with Gasteiger partial charge in [-0.2, -0.15) is 23.0 Å². The number of hydrogen-bond donors (Lipinski definition) is 2. The molecule has 1 aliphatic heterocycles. The Balaban J connectivity index is 1.52. The number of ether oxygens (including phenoxy) is 1. The number of pyridine rings is 1. The summed E-state index contributed by atoms with van der Waals surface area (Å²) in [5.74, 6) is -3.00. The van der Waals surface area contributed by atoms with Gasteiger partial charge in [0.25, 0.3) is 5.91 Å². The molecule has 39 heavy (non-hydrogen) atoms. The first-order valence-corrected chi connectivity index (χ1v) is 13.7. The summed E-state index contributed by atoms with van der Waals surface area (Å²) in [7, 11) is -3.69. The second-order valence-corrected chi connectivity index (χ2v) is 11.6. The second kappa shape index (κ2) is 9.32. The zero-order valence-electron chi connectivity index (χ0n) is 20.3. The van der Waals surface area contributed by atoms with Crippen molar-refractivity contribution in [3.05, 3.63) is 64.7 Å². The summed E-state index contributed by atoms with van der Waals surface area (Å²) in [6.07, 6.45) is -1.65. The van der Waals surface area contributed by atoms with E-state index in [-0.39, 0.29) is 35.1 Å². The van der Waals surface area contributed by atoms with Crippen molar-refractivity contribution >= 4 is 27.5 Å². The van der Waals surface area contributed by atoms with Crippen LogP contribution < -0.4 is 15.4 Å². The second-order valence-electron chi connectivity index (χ2n) is 9.47. The number of halogens is 4. The Labute approximate surface area is 219 Å². The van der Waals surface area contributed by atoms with Crippen LogP contribution in [0.3, 0.4) is 0 Å². The highest BCUT2D eigenvalue weighted by molar-refractivity contribution is 7.91. The number of alkyl halides is 3. The highest BCUT2D eigenvalue weighted by Gasteiger charge is 2.47. The SMILES string of the molecule is CS(=O)(=O)CC(=O)Nc1c2c(nn1-c1ccc(F)cn1)C[C@@]1(CCc3cc(OCC(F)(F)F)ccc31)NC2=O. The number of rotatable bonds is 6. The fraction of sp³-hybridized carbons (Fsp3) is 0.333. The van der Waals surface area contributed by atoms with E-state index in [1.54, 1.807) is 6.07 Å². The number of hydrogen-bond acceptors (Lipinski definition) is 7. The van der Waals surface area contributed by atoms with Gasteiger partial charge in [0.1, 0.15) is 22.9 Å². The van der Waals surface area contributed by atoms with E-state index in [9.17, 15) is 35.6 Å². The fourth-order valence-electron chi connectivity index (χ4n) is 4.91. The largest absolute Gasteiger partial charge is 0.484 e. The lowest BCUT2D eigenvalue weighted by atomic mass is 9.82. The number of sulfone groups is 1. The monoisotopic (exact) mass is 567 g/mol. The smallest absolute Gasteiger partial charge is 0.422 e. The molecular weight excluding hydrogens is 546 g/mol. The third kappa shape index (κ3) is 5.44. The quantitative estimate of drug-likeness (QED) is 0.438. The first-order chi connectivity index (χ1) is 18.2. The van der Waals surface area contributed by atoms with Crippen LogP contribution in [0.4, 0.5) is 23.4 Å². The first kappa shape index (κ1) is 26.6. The summed E-state index contributed by atoms with van der Waals surface area (Å²) in [6, 6.07) is 6.90. The summed E-state index contributed by atoms with van der Waals surface area (Å²) in [5.41, 5.74) is 0.737. The Morgan fingerprint density at radius 3 is 2.69 bits per heavy atom. The van der Waals surface area contributed by atoms with Crippen molar-refractivity contribution in [3.63, 3.8) is 0 Å². The zero-order valence-corrected chi connectivity index (χ0v) is 21.1. The lowest BCUT2D eigenvalue weighted by molar-refractivity contribution is -0.153. The molecule has 2 amide bonds. The molecule has 0 saturated carbocycles. The number of carbonyl (C=O) groups excluding carboxylic acids is 2. The molecular formula is C24H21F4N5O5S. The maximum Gasteiger partial charge on any atom is 0.422 e. The molecule has 0 unspecified atom stereocenters. The molecule has 3 aromatic rings. The van der Waals surface area contributed by atoms with Crippen LogP contribution in [0.1, 0.15) is 33.6 Å². The van der Waals surface area contributed by atoms with Gasteiger partial charge >= 0.3 is 6.18 Å². The highest BCUT2D eigenvalue weighted by atomic mass is 32.2. The molecule has 1 aromatic carbocycles. The lowest BCUT2D eigenvalue weighted by Gasteiger charge is -2.35. The average Bonchev–Trinajstić information content (AvgIpc) is 3.35. The molecule has 1 atom stereocenters. The molecule has 2 N–H and O–H groups in total. The predicted molar refractivity (Wildman–Crippen MR) is 129 cm³/mol. The highest BCUT2D eigenvalue weighted by Crippen LogP contribution is 2.44. The molecule has 3 heterocycles. The molecule has 2 aromatic heterocycles. The molecule has 1 spiro atoms. The number of benzene rings is 1. The standard InChI is InChI=1S/C24H21F4N5O5S/c1-39(36,37)11-19(34)30-21-20-17(32-33(21)18-5-2-14(25)10-29-18)9-23(31-22(20)35)7-6-13-8-15(3-4-16(13)23)38-12-24(26,27)28/h2-5,8,10H,6-7,9,11-12H2,1H3,(H,30,34)(H,31,35)/t23-/m1/s1. The van der Waals surface area contributed by atoms with Gasteiger partial charge in [0, 0.05) is 12.7 Å². The molecule has 10 nitrogen and oxygen atoms in total. The summed E-state index contributed by atoms with van der Waals surface area (Å²) >= 11 is 0. The van der Waals surface area contributed by atoms with Gasteiger partial charge in [0.15, 0.2) is 28.1 Å². The summed E-state index contributed by atoms with van der Waals surface area (Å²) in [4.78, 5) is 29.9. The van der Waals surface area contributed by atoms with Crippen LogP contribution in [-0.2, 0) is 33.0 Å². The van der Waals surface area contributed by atoms with E-state index in [4.69, 9.17) is 4.74 Å². The van der Waals surface area contributed by atoms with Gasteiger partial charge in [-0.3, -0.25) is 9.59 Å². The molecule has 5 rings (SSSR count). The van der Waals surface area contributed by atoms with E-state index in [0.717, 1.165) is 23.2 Å². The van der Waals surface area contributed by atoms with E-state index in [2.05, 4.69) is 20.7 Å². The number of anilines is 1. The van der Waals surface area contributed by atoms with Gasteiger partial charge in [0.2, 0.25) is 5.91 Å². The molecule has 15 heteroatoms. The van der Waals surface area contributed by atoms with Gasteiger partial charge in [-0.15, -0.1) is 0 Å². The van der Waals surface area contributed by atoms with Crippen molar-refractivity contribution in [2.24, 2.45) is 0 Å². The number of aromatic nitrogens is 3. The summed E-state index contributed by atoms with van der Waals surface area (Å²) in [6.45, 7) is -1.43. The predicted octanol–water partition coefficient (Wildman–Crippen LogP) is 2.46. The van der Waals surface area contributed by atoms with E-state index in [1.165, 1.54) is 18.2 Å². The third-order valence-electron chi connectivity index (χ3n) is 6.40. The van der Waals surface area contributed by atoms with Crippen molar-refractivity contribution in [2.75, 3.05) is 23.9 Å². The third-order valence-corrected chi connectivity index (χ3v) is 7.19. The Bertz CT molecular complexity index is 1590. The van der Waals surface area contributed by atoms with Gasteiger partial charge in [-0.05, 0) is 48.2 Å². The van der Waals surface area contributed by atoms with E-state index in [1.807, 2.05) is 0 Å². The lowest BCUT2D eigenvalue weighted by Crippen LogP contribution is -2.49. The molecule has 0 fully saturated rings. The molecule has 0 radical (unpaired) electrons. The number of nitrogens with zero attached hydrogens (tertiary/aromatic N) is 3. The summed E-state index contributed by atoms with van der Waals surface area (Å²) < 4.78 is 80.4. The topological polar surface area (TPSA) is 132 Å². The maximum atomic E-state index is 13.5. The zero-order chi connectivity index (χ0) is 28.2. The van der Waals surface area contributed by atoms with Crippen LogP contribution in [0.2, 0.25) is 0 Å². The van der Waals surface area contributed by atoms with Gasteiger partial charge < -0.3 is 15.4 Å². The van der Waals surface area contributed by atoms with Crippen LogP contribution in [0.5, 0.6) is 5.75 Å². The number of amides is 2. The van der Waals surface area contributed by atoms with E-state index < -0.39 is 51.5 Å². The first-order valence-electron chi connectivity index (χ1n) is 11.6. The van der Waals surface area contributed by atoms with Gasteiger partial charge in [0.05, 0.1) is 17.4 Å². The molecule has 2 aliphatic rings. The normalized spacial score (nSPS) is 18.4. The molecule has 1 aliphatic carbocycles. The van der Waals surface area contributed by atoms with Crippen LogP contribution in [0, 0.1) is 5.82 Å². The Morgan fingerprint density at radius 2 is 2.03 bits per heavy atom. The molecule has 0 saturated heterocycles. The Hall–Kier alpha value is -4.01. The van der Waals surface area contributed by atoms with Crippen molar-refractivity contribution < 1.29 is 40.3 Å². The number of carbonyl (C=O) groups is 2. The minimum absolute atomic E-state index is 0.00724. The molecule has 0 bridgehead atoms. The maximum absolute atomic E-state index is 13.5. The van der Waals surface area contributed by atoms with Gasteiger partial charge in [-0.25, -0.2) is 17.8 Å². The van der Waals surface area contributed by atoms with Crippen molar-refractivity contribution in [1.82, 2.24) is 20.1 Å². The Morgan fingerprint density at radius 1 is 1.26 bits per heavy atom. The van der Waals surface area contributed by atoms with Crippen LogP contribution in [-0.4, -0.2) is 59.8 Å². The minimum atomic E-state index is -4.49. The molecule has 206 valence electrons. The fourth-order valence-corrected chi connectivity index (χ4v) is 5.46. The van der Waals surface area contributed by atoms with Crippen molar-refractivity contribution in [1.29, 1.82) is 0 Å². The summed E-state index contributed by atoms with van der Waals surface area (Å²) in [5, 5.41) is 9.86. The van der Waals surface area contributed by atoms with Crippen LogP contribution >= 0.6 is 0 Å². The van der Waals surface area contributed by atoms with Gasteiger partial charge in [-0.1, -0.05) is 6.07 Å². The van der Waals surface area contributed by atoms with Crippen molar-refractivity contribution in [2.45, 2.75) is 31.0 Å².